The molecule has 0 aromatic carbocycles. The van der Waals surface area contributed by atoms with E-state index in [0.717, 1.165) is 16.6 Å². The van der Waals surface area contributed by atoms with E-state index in [-0.39, 0.29) is 28.6 Å². The average molecular weight is 366 g/mol. The fourth-order valence-corrected chi connectivity index (χ4v) is 2.68. The average Bonchev–Trinajstić information content (AvgIpc) is 2.85. The van der Waals surface area contributed by atoms with Gasteiger partial charge < -0.3 is 15.2 Å². The molecule has 4 rings (SSSR count). The zero-order chi connectivity index (χ0) is 18.5. The van der Waals surface area contributed by atoms with E-state index < -0.39 is 24.9 Å². The predicted octanol–water partition coefficient (Wildman–Crippen LogP) is 2.19. The smallest absolute Gasteiger partial charge is 0.418 e. The molecule has 0 amide bonds. The van der Waals surface area contributed by atoms with Crippen molar-refractivity contribution >= 4 is 16.9 Å². The first-order valence-electron chi connectivity index (χ1n) is 7.56. The number of hydrogen-bond acceptors (Lipinski definition) is 7. The number of halogens is 3. The molecule has 0 bridgehead atoms. The summed E-state index contributed by atoms with van der Waals surface area (Å²) in [6.45, 7) is 0.686. The Morgan fingerprint density at radius 1 is 1.27 bits per heavy atom. The van der Waals surface area contributed by atoms with Crippen molar-refractivity contribution in [1.82, 2.24) is 24.7 Å². The summed E-state index contributed by atoms with van der Waals surface area (Å²) in [4.78, 5) is 11.8. The molecule has 11 heteroatoms. The Hall–Kier alpha value is -2.95. The van der Waals surface area contributed by atoms with Gasteiger partial charge in [-0.05, 0) is 18.6 Å². The molecular formula is C15H13F3N6O2. The molecule has 26 heavy (non-hydrogen) atoms. The van der Waals surface area contributed by atoms with Crippen molar-refractivity contribution in [2.75, 3.05) is 18.9 Å². The van der Waals surface area contributed by atoms with Crippen molar-refractivity contribution in [3.63, 3.8) is 0 Å². The van der Waals surface area contributed by atoms with Crippen LogP contribution in [0.2, 0.25) is 0 Å². The van der Waals surface area contributed by atoms with Crippen LogP contribution in [-0.4, -0.2) is 44.1 Å². The van der Waals surface area contributed by atoms with Gasteiger partial charge in [0.15, 0.2) is 5.65 Å². The number of anilines is 1. The maximum Gasteiger partial charge on any atom is 0.418 e. The van der Waals surface area contributed by atoms with Crippen LogP contribution in [0.15, 0.2) is 24.7 Å². The molecule has 4 heterocycles. The molecule has 3 aromatic heterocycles. The number of rotatable bonds is 3. The van der Waals surface area contributed by atoms with Crippen LogP contribution in [0.25, 0.3) is 11.0 Å². The molecular weight excluding hydrogens is 353 g/mol. The van der Waals surface area contributed by atoms with Crippen LogP contribution in [0, 0.1) is 6.92 Å². The van der Waals surface area contributed by atoms with Gasteiger partial charge in [0.05, 0.1) is 13.2 Å². The van der Waals surface area contributed by atoms with Gasteiger partial charge in [0.1, 0.15) is 17.5 Å². The number of nitrogens with zero attached hydrogens (tertiary/aromatic N) is 5. The van der Waals surface area contributed by atoms with Gasteiger partial charge in [-0.2, -0.15) is 13.2 Å². The van der Waals surface area contributed by atoms with Crippen LogP contribution < -0.4 is 10.5 Å². The van der Waals surface area contributed by atoms with Crippen molar-refractivity contribution in [3.8, 4) is 11.8 Å². The Kier molecular flexibility index (Phi) is 3.51. The third kappa shape index (κ3) is 2.35. The Labute approximate surface area is 144 Å². The zero-order valence-electron chi connectivity index (χ0n) is 13.5. The van der Waals surface area contributed by atoms with Crippen molar-refractivity contribution in [2.24, 2.45) is 0 Å². The Balaban J connectivity index is 1.90. The lowest BCUT2D eigenvalue weighted by Crippen LogP contribution is -2.62. The largest absolute Gasteiger partial charge is 0.418 e. The topological polar surface area (TPSA) is 101 Å². The highest BCUT2D eigenvalue weighted by atomic mass is 19.4. The fraction of sp³-hybridized carbons (Fsp3) is 0.333. The van der Waals surface area contributed by atoms with Gasteiger partial charge in [0.25, 0.3) is 5.88 Å². The number of nitrogen functional groups attached to an aromatic ring is 1. The standard InChI is InChI=1S/C15H13F3N6O2/c1-8-2-3-20-9(4-8)26-13-10-11(19)21-7-22-12(10)24(23-13)14(5-25-6-14)15(16,17)18/h2-4,7H,5-6H2,1H3,(H2,19,21,22). The first kappa shape index (κ1) is 16.5. The SMILES string of the molecule is Cc1ccnc(Oc2nn(C3(C(F)(F)F)COC3)c3ncnc(N)c23)c1. The van der Waals surface area contributed by atoms with E-state index >= 15 is 0 Å². The minimum atomic E-state index is -4.59. The normalized spacial score (nSPS) is 16.5. The molecule has 0 radical (unpaired) electrons. The summed E-state index contributed by atoms with van der Waals surface area (Å²) in [5, 5.41) is 4.10. The number of aromatic nitrogens is 5. The van der Waals surface area contributed by atoms with Crippen LogP contribution in [0.1, 0.15) is 5.56 Å². The van der Waals surface area contributed by atoms with Gasteiger partial charge in [-0.25, -0.2) is 19.6 Å². The third-order valence-electron chi connectivity index (χ3n) is 4.17. The van der Waals surface area contributed by atoms with E-state index in [1.54, 1.807) is 12.1 Å². The Morgan fingerprint density at radius 2 is 2.04 bits per heavy atom. The number of nitrogens with two attached hydrogens (primary N) is 1. The molecule has 0 unspecified atom stereocenters. The minimum Gasteiger partial charge on any atom is -0.418 e. The number of hydrogen-bond donors (Lipinski definition) is 1. The molecule has 1 aliphatic heterocycles. The number of ether oxygens (including phenoxy) is 2. The highest BCUT2D eigenvalue weighted by molar-refractivity contribution is 5.91. The number of fused-ring (bicyclic) bond motifs is 1. The van der Waals surface area contributed by atoms with Gasteiger partial charge in [-0.3, -0.25) is 0 Å². The molecule has 8 nitrogen and oxygen atoms in total. The lowest BCUT2D eigenvalue weighted by molar-refractivity contribution is -0.292. The van der Waals surface area contributed by atoms with Gasteiger partial charge in [-0.1, -0.05) is 0 Å². The van der Waals surface area contributed by atoms with E-state index in [0.29, 0.717) is 0 Å². The third-order valence-corrected chi connectivity index (χ3v) is 4.17. The second-order valence-corrected chi connectivity index (χ2v) is 5.97. The maximum absolute atomic E-state index is 13.7. The molecule has 136 valence electrons. The van der Waals surface area contributed by atoms with Gasteiger partial charge >= 0.3 is 6.18 Å². The summed E-state index contributed by atoms with van der Waals surface area (Å²) in [5.41, 5.74) is 4.30. The minimum absolute atomic E-state index is 0.0403. The molecule has 2 N–H and O–H groups in total. The highest BCUT2D eigenvalue weighted by Crippen LogP contribution is 2.45. The molecule has 3 aromatic rings. The summed E-state index contributed by atoms with van der Waals surface area (Å²) in [6.07, 6.45) is -2.00. The van der Waals surface area contributed by atoms with Crippen LogP contribution in [0.5, 0.6) is 11.8 Å². The quantitative estimate of drug-likeness (QED) is 0.758. The van der Waals surface area contributed by atoms with Gasteiger partial charge in [0.2, 0.25) is 11.4 Å². The fourth-order valence-electron chi connectivity index (χ4n) is 2.68. The molecule has 1 aliphatic rings. The lowest BCUT2D eigenvalue weighted by Gasteiger charge is -2.42. The van der Waals surface area contributed by atoms with Crippen LogP contribution in [0.3, 0.4) is 0 Å². The first-order chi connectivity index (χ1) is 12.3. The Bertz CT molecular complexity index is 983. The summed E-state index contributed by atoms with van der Waals surface area (Å²) in [7, 11) is 0. The molecule has 0 spiro atoms. The maximum atomic E-state index is 13.7. The van der Waals surface area contributed by atoms with Crippen molar-refractivity contribution in [3.05, 3.63) is 30.2 Å². The Morgan fingerprint density at radius 3 is 2.65 bits per heavy atom. The van der Waals surface area contributed by atoms with E-state index in [1.165, 1.54) is 6.20 Å². The van der Waals surface area contributed by atoms with Crippen molar-refractivity contribution in [1.29, 1.82) is 0 Å². The van der Waals surface area contributed by atoms with E-state index in [4.69, 9.17) is 15.2 Å². The lowest BCUT2D eigenvalue weighted by atomic mass is 9.97. The highest BCUT2D eigenvalue weighted by Gasteiger charge is 2.63. The van der Waals surface area contributed by atoms with Crippen molar-refractivity contribution < 1.29 is 22.6 Å². The summed E-state index contributed by atoms with van der Waals surface area (Å²) in [6, 6.07) is 3.38. The van der Waals surface area contributed by atoms with E-state index in [9.17, 15) is 13.2 Å². The van der Waals surface area contributed by atoms with Gasteiger partial charge in [0, 0.05) is 12.3 Å². The van der Waals surface area contributed by atoms with Crippen LogP contribution in [0.4, 0.5) is 19.0 Å². The zero-order valence-corrected chi connectivity index (χ0v) is 13.5. The second kappa shape index (κ2) is 5.53. The van der Waals surface area contributed by atoms with Crippen molar-refractivity contribution in [2.45, 2.75) is 18.6 Å². The monoisotopic (exact) mass is 366 g/mol. The summed E-state index contributed by atoms with van der Waals surface area (Å²) in [5.74, 6) is -0.0149. The number of aryl methyl sites for hydroxylation is 1. The van der Waals surface area contributed by atoms with Crippen LogP contribution >= 0.6 is 0 Å². The molecule has 1 saturated heterocycles. The molecule has 0 aliphatic carbocycles. The molecule has 0 saturated carbocycles. The first-order valence-corrected chi connectivity index (χ1v) is 7.56. The summed E-state index contributed by atoms with van der Waals surface area (Å²) >= 11 is 0. The second-order valence-electron chi connectivity index (χ2n) is 5.97. The van der Waals surface area contributed by atoms with E-state index in [1.807, 2.05) is 6.92 Å². The van der Waals surface area contributed by atoms with Crippen LogP contribution in [-0.2, 0) is 10.3 Å². The van der Waals surface area contributed by atoms with Gasteiger partial charge in [-0.15, -0.1) is 5.10 Å². The van der Waals surface area contributed by atoms with E-state index in [2.05, 4.69) is 20.1 Å². The molecule has 1 fully saturated rings. The summed E-state index contributed by atoms with van der Waals surface area (Å²) < 4.78 is 52.3. The number of pyridine rings is 1. The molecule has 0 atom stereocenters. The predicted molar refractivity (Wildman–Crippen MR) is 83.6 cm³/mol. The number of alkyl halides is 3.